The van der Waals surface area contributed by atoms with Crippen LogP contribution in [-0.4, -0.2) is 15.0 Å². The Morgan fingerprint density at radius 1 is 0.412 bits per heavy atom. The molecule has 0 amide bonds. The third kappa shape index (κ3) is 4.88. The molecular formula is C47H30N4. The molecule has 10 rings (SSSR count). The maximum Gasteiger partial charge on any atom is 0.0972 e. The van der Waals surface area contributed by atoms with E-state index in [1.165, 1.54) is 16.2 Å². The SMILES string of the molecule is c1ccc(-c2nc3cc(-c4ccc5ccc6cccnc6c5n4)ccc3c3c2ccc2c(N(c4ccccc4)c4ccccc4)cccc23)cc1. The van der Waals surface area contributed by atoms with Gasteiger partial charge in [0, 0.05) is 61.0 Å². The van der Waals surface area contributed by atoms with Gasteiger partial charge in [-0.15, -0.1) is 0 Å². The lowest BCUT2D eigenvalue weighted by molar-refractivity contribution is 1.30. The monoisotopic (exact) mass is 650 g/mol. The minimum Gasteiger partial charge on any atom is -0.310 e. The van der Waals surface area contributed by atoms with E-state index in [4.69, 9.17) is 9.97 Å². The second-order valence-corrected chi connectivity index (χ2v) is 12.8. The molecular weight excluding hydrogens is 621 g/mol. The molecule has 4 heteroatoms. The number of nitrogens with zero attached hydrogens (tertiary/aromatic N) is 4. The van der Waals surface area contributed by atoms with Gasteiger partial charge in [-0.3, -0.25) is 4.98 Å². The largest absolute Gasteiger partial charge is 0.310 e. The number of benzene rings is 7. The maximum atomic E-state index is 5.38. The van der Waals surface area contributed by atoms with E-state index in [1.54, 1.807) is 0 Å². The van der Waals surface area contributed by atoms with E-state index in [1.807, 2.05) is 12.3 Å². The Kier molecular flexibility index (Phi) is 6.78. The molecule has 0 N–H and O–H groups in total. The second-order valence-electron chi connectivity index (χ2n) is 12.8. The Morgan fingerprint density at radius 3 is 1.84 bits per heavy atom. The van der Waals surface area contributed by atoms with Gasteiger partial charge in [0.1, 0.15) is 0 Å². The van der Waals surface area contributed by atoms with Crippen LogP contribution in [0.3, 0.4) is 0 Å². The fraction of sp³-hybridized carbons (Fsp3) is 0. The van der Waals surface area contributed by atoms with Gasteiger partial charge in [-0.1, -0.05) is 127 Å². The van der Waals surface area contributed by atoms with Crippen molar-refractivity contribution in [2.24, 2.45) is 0 Å². The lowest BCUT2D eigenvalue weighted by Crippen LogP contribution is -2.10. The third-order valence-electron chi connectivity index (χ3n) is 9.84. The molecule has 0 radical (unpaired) electrons. The first-order valence-corrected chi connectivity index (χ1v) is 17.2. The lowest BCUT2D eigenvalue weighted by atomic mass is 9.93. The molecule has 0 spiro atoms. The summed E-state index contributed by atoms with van der Waals surface area (Å²) in [6, 6.07) is 62.0. The number of aromatic nitrogens is 3. The Labute approximate surface area is 294 Å². The van der Waals surface area contributed by atoms with Crippen molar-refractivity contribution in [2.75, 3.05) is 4.90 Å². The van der Waals surface area contributed by atoms with E-state index in [0.717, 1.165) is 77.7 Å². The quantitative estimate of drug-likeness (QED) is 0.174. The van der Waals surface area contributed by atoms with Crippen LogP contribution in [-0.2, 0) is 0 Å². The average Bonchev–Trinajstić information content (AvgIpc) is 3.21. The van der Waals surface area contributed by atoms with Gasteiger partial charge in [0.25, 0.3) is 0 Å². The van der Waals surface area contributed by atoms with E-state index in [9.17, 15) is 0 Å². The molecule has 0 unspecified atom stereocenters. The van der Waals surface area contributed by atoms with Crippen molar-refractivity contribution in [1.82, 2.24) is 15.0 Å². The van der Waals surface area contributed by atoms with Crippen molar-refractivity contribution >= 4 is 71.3 Å². The first-order chi connectivity index (χ1) is 25.3. The van der Waals surface area contributed by atoms with Crippen LogP contribution in [0.2, 0.25) is 0 Å². The Bertz CT molecular complexity index is 2870. The summed E-state index contributed by atoms with van der Waals surface area (Å²) in [7, 11) is 0. The van der Waals surface area contributed by atoms with Crippen LogP contribution in [0.4, 0.5) is 17.1 Å². The van der Waals surface area contributed by atoms with Crippen LogP contribution in [0.25, 0.3) is 76.8 Å². The second kappa shape index (κ2) is 11.9. The van der Waals surface area contributed by atoms with E-state index in [-0.39, 0.29) is 0 Å². The molecule has 0 saturated heterocycles. The highest BCUT2D eigenvalue weighted by atomic mass is 15.1. The number of pyridine rings is 3. The van der Waals surface area contributed by atoms with Crippen molar-refractivity contribution in [2.45, 2.75) is 0 Å². The van der Waals surface area contributed by atoms with Crippen molar-refractivity contribution in [3.05, 3.63) is 182 Å². The van der Waals surface area contributed by atoms with Gasteiger partial charge < -0.3 is 4.90 Å². The van der Waals surface area contributed by atoms with Gasteiger partial charge in [-0.25, -0.2) is 9.97 Å². The highest BCUT2D eigenvalue weighted by Crippen LogP contribution is 2.44. The first kappa shape index (κ1) is 29.0. The van der Waals surface area contributed by atoms with Crippen LogP contribution in [0.5, 0.6) is 0 Å². The molecule has 0 atom stereocenters. The minimum atomic E-state index is 0.896. The number of fused-ring (bicyclic) bond motifs is 8. The molecule has 51 heavy (non-hydrogen) atoms. The molecule has 4 nitrogen and oxygen atoms in total. The molecule has 0 aliphatic carbocycles. The normalized spacial score (nSPS) is 11.5. The summed E-state index contributed by atoms with van der Waals surface area (Å²) in [6.07, 6.45) is 1.83. The number of hydrogen-bond donors (Lipinski definition) is 0. The van der Waals surface area contributed by atoms with Crippen molar-refractivity contribution < 1.29 is 0 Å². The van der Waals surface area contributed by atoms with Gasteiger partial charge in [0.15, 0.2) is 0 Å². The predicted molar refractivity (Wildman–Crippen MR) is 213 cm³/mol. The molecule has 238 valence electrons. The van der Waals surface area contributed by atoms with E-state index in [2.05, 4.69) is 180 Å². The van der Waals surface area contributed by atoms with Crippen LogP contribution < -0.4 is 4.90 Å². The molecule has 0 saturated carbocycles. The summed E-state index contributed by atoms with van der Waals surface area (Å²) in [5.74, 6) is 0. The maximum absolute atomic E-state index is 5.38. The van der Waals surface area contributed by atoms with E-state index >= 15 is 0 Å². The third-order valence-corrected chi connectivity index (χ3v) is 9.84. The zero-order chi connectivity index (χ0) is 33.7. The number of hydrogen-bond acceptors (Lipinski definition) is 4. The number of anilines is 3. The minimum absolute atomic E-state index is 0.896. The van der Waals surface area contributed by atoms with Crippen molar-refractivity contribution in [1.29, 1.82) is 0 Å². The molecule has 10 aromatic rings. The molecule has 0 fully saturated rings. The summed E-state index contributed by atoms with van der Waals surface area (Å²) in [4.78, 5) is 17.6. The Morgan fingerprint density at radius 2 is 1.08 bits per heavy atom. The number of rotatable bonds is 5. The fourth-order valence-electron chi connectivity index (χ4n) is 7.48. The summed E-state index contributed by atoms with van der Waals surface area (Å²) in [6.45, 7) is 0. The average molecular weight is 651 g/mol. The van der Waals surface area contributed by atoms with Crippen LogP contribution in [0, 0.1) is 0 Å². The standard InChI is InChI=1S/C47H30N4/c1-4-12-31(13-5-1)45-40-27-26-37-38(19-10-20-43(37)51(35-15-6-2-7-16-35)36-17-8-3-9-18-36)44(40)39-25-23-34(30-42(39)50-45)41-28-24-33-22-21-32-14-11-29-48-46(32)47(33)49-41/h1-30H. The molecule has 3 heterocycles. The topological polar surface area (TPSA) is 41.9 Å². The summed E-state index contributed by atoms with van der Waals surface area (Å²) < 4.78 is 0. The van der Waals surface area contributed by atoms with Gasteiger partial charge in [0.2, 0.25) is 0 Å². The highest BCUT2D eigenvalue weighted by molar-refractivity contribution is 6.24. The predicted octanol–water partition coefficient (Wildman–Crippen LogP) is 12.4. The van der Waals surface area contributed by atoms with Gasteiger partial charge in [-0.2, -0.15) is 0 Å². The zero-order valence-electron chi connectivity index (χ0n) is 27.6. The Hall–Kier alpha value is -6.91. The molecule has 0 aliphatic rings. The van der Waals surface area contributed by atoms with Crippen molar-refractivity contribution in [3.8, 4) is 22.5 Å². The van der Waals surface area contributed by atoms with Crippen LogP contribution >= 0.6 is 0 Å². The number of para-hydroxylation sites is 2. The smallest absolute Gasteiger partial charge is 0.0972 e. The van der Waals surface area contributed by atoms with E-state index in [0.29, 0.717) is 0 Å². The summed E-state index contributed by atoms with van der Waals surface area (Å²) in [5.41, 5.74) is 10.0. The van der Waals surface area contributed by atoms with Gasteiger partial charge in [-0.05, 0) is 53.9 Å². The Balaban J connectivity index is 1.24. The molecule has 3 aromatic heterocycles. The van der Waals surface area contributed by atoms with Gasteiger partial charge in [0.05, 0.1) is 33.6 Å². The van der Waals surface area contributed by atoms with Crippen LogP contribution in [0.15, 0.2) is 182 Å². The lowest BCUT2D eigenvalue weighted by Gasteiger charge is -2.27. The highest BCUT2D eigenvalue weighted by Gasteiger charge is 2.19. The van der Waals surface area contributed by atoms with Crippen molar-refractivity contribution in [3.63, 3.8) is 0 Å². The summed E-state index contributed by atoms with van der Waals surface area (Å²) in [5, 5.41) is 7.92. The summed E-state index contributed by atoms with van der Waals surface area (Å²) >= 11 is 0. The zero-order valence-corrected chi connectivity index (χ0v) is 27.6. The van der Waals surface area contributed by atoms with E-state index < -0.39 is 0 Å². The first-order valence-electron chi connectivity index (χ1n) is 17.2. The molecule has 7 aromatic carbocycles. The van der Waals surface area contributed by atoms with Crippen LogP contribution in [0.1, 0.15) is 0 Å². The molecule has 0 bridgehead atoms. The fourth-order valence-corrected chi connectivity index (χ4v) is 7.48. The van der Waals surface area contributed by atoms with Gasteiger partial charge >= 0.3 is 0 Å². The molecule has 0 aliphatic heterocycles.